The van der Waals surface area contributed by atoms with Gasteiger partial charge in [-0.25, -0.2) is 9.97 Å². The minimum Gasteiger partial charge on any atom is -0.334 e. The molecule has 5 heteroatoms. The van der Waals surface area contributed by atoms with Gasteiger partial charge in [-0.3, -0.25) is 0 Å². The Morgan fingerprint density at radius 2 is 2.17 bits per heavy atom. The van der Waals surface area contributed by atoms with Crippen LogP contribution in [0, 0.1) is 0 Å². The van der Waals surface area contributed by atoms with Gasteiger partial charge in [-0.05, 0) is 19.9 Å². The predicted octanol–water partition coefficient (Wildman–Crippen LogP) is 1.65. The van der Waals surface area contributed by atoms with Crippen LogP contribution in [0.1, 0.15) is 31.8 Å². The van der Waals surface area contributed by atoms with Crippen molar-refractivity contribution in [2.45, 2.75) is 39.9 Å². The Labute approximate surface area is 108 Å². The van der Waals surface area contributed by atoms with Crippen LogP contribution in [0.25, 0.3) is 0 Å². The highest BCUT2D eigenvalue weighted by Crippen LogP contribution is 2.03. The Hall–Kier alpha value is -1.62. The molecule has 0 bridgehead atoms. The first-order valence-electron chi connectivity index (χ1n) is 6.54. The fourth-order valence-corrected chi connectivity index (χ4v) is 1.92. The standard InChI is InChI=1S/C13H21N5/c1-3-5-14-8-12-9-17(11-16-12)10-13-15-6-7-18(13)4-2/h6-7,9,11,14H,3-5,8,10H2,1-2H3. The molecule has 98 valence electrons. The largest absolute Gasteiger partial charge is 0.334 e. The first-order chi connectivity index (χ1) is 8.83. The van der Waals surface area contributed by atoms with Crippen LogP contribution in [-0.2, 0) is 19.6 Å². The molecule has 0 unspecified atom stereocenters. The summed E-state index contributed by atoms with van der Waals surface area (Å²) in [4.78, 5) is 8.75. The minimum absolute atomic E-state index is 0.779. The molecule has 0 aliphatic carbocycles. The van der Waals surface area contributed by atoms with E-state index in [0.717, 1.165) is 44.1 Å². The van der Waals surface area contributed by atoms with E-state index >= 15 is 0 Å². The smallest absolute Gasteiger partial charge is 0.128 e. The van der Waals surface area contributed by atoms with Crippen molar-refractivity contribution in [3.63, 3.8) is 0 Å². The number of aromatic nitrogens is 4. The zero-order valence-electron chi connectivity index (χ0n) is 11.1. The van der Waals surface area contributed by atoms with Gasteiger partial charge in [-0.15, -0.1) is 0 Å². The van der Waals surface area contributed by atoms with Crippen molar-refractivity contribution < 1.29 is 0 Å². The molecule has 0 radical (unpaired) electrons. The molecule has 2 aromatic rings. The van der Waals surface area contributed by atoms with Crippen LogP contribution in [-0.4, -0.2) is 25.6 Å². The fraction of sp³-hybridized carbons (Fsp3) is 0.538. The van der Waals surface area contributed by atoms with Crippen LogP contribution in [0.2, 0.25) is 0 Å². The van der Waals surface area contributed by atoms with Crippen LogP contribution in [0.3, 0.4) is 0 Å². The normalized spacial score (nSPS) is 11.0. The Morgan fingerprint density at radius 1 is 1.28 bits per heavy atom. The Morgan fingerprint density at radius 3 is 2.94 bits per heavy atom. The lowest BCUT2D eigenvalue weighted by Crippen LogP contribution is -2.14. The van der Waals surface area contributed by atoms with Crippen LogP contribution >= 0.6 is 0 Å². The molecule has 0 saturated heterocycles. The Bertz CT molecular complexity index is 471. The molecule has 0 atom stereocenters. The molecule has 2 aromatic heterocycles. The topological polar surface area (TPSA) is 47.7 Å². The number of rotatable bonds is 7. The van der Waals surface area contributed by atoms with E-state index in [9.17, 15) is 0 Å². The number of hydrogen-bond acceptors (Lipinski definition) is 3. The Kier molecular flexibility index (Phi) is 4.52. The van der Waals surface area contributed by atoms with Gasteiger partial charge in [0.2, 0.25) is 0 Å². The average Bonchev–Trinajstić information content (AvgIpc) is 2.99. The molecular weight excluding hydrogens is 226 g/mol. The molecular formula is C13H21N5. The number of hydrogen-bond donors (Lipinski definition) is 1. The molecule has 0 spiro atoms. The summed E-state index contributed by atoms with van der Waals surface area (Å²) < 4.78 is 4.23. The van der Waals surface area contributed by atoms with Crippen LogP contribution in [0.5, 0.6) is 0 Å². The highest BCUT2D eigenvalue weighted by Gasteiger charge is 2.03. The first kappa shape index (κ1) is 12.8. The van der Waals surface area contributed by atoms with E-state index in [2.05, 4.69) is 44.5 Å². The second-order valence-electron chi connectivity index (χ2n) is 4.34. The van der Waals surface area contributed by atoms with E-state index in [1.807, 2.05) is 18.7 Å². The fourth-order valence-electron chi connectivity index (χ4n) is 1.92. The molecule has 0 aromatic carbocycles. The molecule has 18 heavy (non-hydrogen) atoms. The quantitative estimate of drug-likeness (QED) is 0.757. The van der Waals surface area contributed by atoms with Gasteiger partial charge in [0.05, 0.1) is 18.6 Å². The molecule has 0 fully saturated rings. The van der Waals surface area contributed by atoms with Crippen molar-refractivity contribution in [2.75, 3.05) is 6.54 Å². The third-order valence-corrected chi connectivity index (χ3v) is 2.89. The molecule has 0 aliphatic rings. The van der Waals surface area contributed by atoms with E-state index in [0.29, 0.717) is 0 Å². The molecule has 2 rings (SSSR count). The second-order valence-corrected chi connectivity index (χ2v) is 4.34. The highest BCUT2D eigenvalue weighted by atomic mass is 15.1. The highest BCUT2D eigenvalue weighted by molar-refractivity contribution is 5.00. The van der Waals surface area contributed by atoms with Crippen molar-refractivity contribution in [1.82, 2.24) is 24.4 Å². The molecule has 2 heterocycles. The monoisotopic (exact) mass is 247 g/mol. The van der Waals surface area contributed by atoms with E-state index in [1.54, 1.807) is 0 Å². The summed E-state index contributed by atoms with van der Waals surface area (Å²) in [5.41, 5.74) is 1.08. The van der Waals surface area contributed by atoms with Crippen molar-refractivity contribution in [3.8, 4) is 0 Å². The lowest BCUT2D eigenvalue weighted by Gasteiger charge is -2.04. The molecule has 1 N–H and O–H groups in total. The molecule has 0 saturated carbocycles. The van der Waals surface area contributed by atoms with E-state index in [4.69, 9.17) is 0 Å². The van der Waals surface area contributed by atoms with Crippen LogP contribution in [0.15, 0.2) is 24.9 Å². The van der Waals surface area contributed by atoms with Gasteiger partial charge in [0, 0.05) is 31.7 Å². The van der Waals surface area contributed by atoms with Crippen molar-refractivity contribution in [3.05, 3.63) is 36.4 Å². The molecule has 0 aliphatic heterocycles. The van der Waals surface area contributed by atoms with Gasteiger partial charge in [0.25, 0.3) is 0 Å². The number of nitrogens with one attached hydrogen (secondary N) is 1. The Balaban J connectivity index is 1.94. The third-order valence-electron chi connectivity index (χ3n) is 2.89. The van der Waals surface area contributed by atoms with Gasteiger partial charge < -0.3 is 14.5 Å². The number of nitrogens with zero attached hydrogens (tertiary/aromatic N) is 4. The second kappa shape index (κ2) is 6.35. The lowest BCUT2D eigenvalue weighted by molar-refractivity contribution is 0.647. The van der Waals surface area contributed by atoms with Gasteiger partial charge >= 0.3 is 0 Å². The summed E-state index contributed by atoms with van der Waals surface area (Å²) in [6.45, 7) is 7.89. The van der Waals surface area contributed by atoms with Gasteiger partial charge in [-0.1, -0.05) is 6.92 Å². The summed E-state index contributed by atoms with van der Waals surface area (Å²) in [6.07, 6.45) is 8.96. The maximum absolute atomic E-state index is 4.39. The SMILES string of the molecule is CCCNCc1cn(Cc2nccn2CC)cn1. The molecule has 5 nitrogen and oxygen atoms in total. The van der Waals surface area contributed by atoms with Gasteiger partial charge in [0.1, 0.15) is 5.82 Å². The first-order valence-corrected chi connectivity index (χ1v) is 6.54. The van der Waals surface area contributed by atoms with E-state index in [1.165, 1.54) is 0 Å². The zero-order valence-corrected chi connectivity index (χ0v) is 11.1. The third kappa shape index (κ3) is 3.20. The predicted molar refractivity (Wildman–Crippen MR) is 71.2 cm³/mol. The van der Waals surface area contributed by atoms with E-state index in [-0.39, 0.29) is 0 Å². The maximum atomic E-state index is 4.39. The van der Waals surface area contributed by atoms with E-state index < -0.39 is 0 Å². The van der Waals surface area contributed by atoms with Crippen LogP contribution in [0.4, 0.5) is 0 Å². The minimum atomic E-state index is 0.779. The summed E-state index contributed by atoms with van der Waals surface area (Å²) >= 11 is 0. The van der Waals surface area contributed by atoms with Gasteiger partial charge in [0.15, 0.2) is 0 Å². The van der Waals surface area contributed by atoms with Crippen molar-refractivity contribution >= 4 is 0 Å². The van der Waals surface area contributed by atoms with Gasteiger partial charge in [-0.2, -0.15) is 0 Å². The average molecular weight is 247 g/mol. The van der Waals surface area contributed by atoms with Crippen molar-refractivity contribution in [2.24, 2.45) is 0 Å². The van der Waals surface area contributed by atoms with Crippen molar-refractivity contribution in [1.29, 1.82) is 0 Å². The summed E-state index contributed by atoms with van der Waals surface area (Å²) in [6, 6.07) is 0. The summed E-state index contributed by atoms with van der Waals surface area (Å²) in [5.74, 6) is 1.07. The number of aryl methyl sites for hydroxylation is 1. The van der Waals surface area contributed by atoms with Crippen LogP contribution < -0.4 is 5.32 Å². The summed E-state index contributed by atoms with van der Waals surface area (Å²) in [5, 5.41) is 3.35. The zero-order chi connectivity index (χ0) is 12.8. The molecule has 0 amide bonds. The number of imidazole rings is 2. The maximum Gasteiger partial charge on any atom is 0.128 e. The lowest BCUT2D eigenvalue weighted by atomic mass is 10.4. The summed E-state index contributed by atoms with van der Waals surface area (Å²) in [7, 11) is 0.